The minimum atomic E-state index is -0.00278. The standard InChI is InChI=1S/C17H23N3O2/c1-11(2)12(3)20(10-13-6-5-9-22-13)17(21)16-14-7-4-8-15(14)18-19-16/h5-6,9,11-12H,4,7-8,10H2,1-3H3,(H,18,19). The van der Waals surface area contributed by atoms with E-state index in [1.807, 2.05) is 17.0 Å². The van der Waals surface area contributed by atoms with Crippen LogP contribution in [0.4, 0.5) is 0 Å². The quantitative estimate of drug-likeness (QED) is 0.922. The Balaban J connectivity index is 1.88. The van der Waals surface area contributed by atoms with Crippen LogP contribution in [0.1, 0.15) is 54.7 Å². The maximum absolute atomic E-state index is 13.0. The highest BCUT2D eigenvalue weighted by Crippen LogP contribution is 2.26. The molecule has 1 atom stereocenters. The zero-order valence-corrected chi connectivity index (χ0v) is 13.4. The summed E-state index contributed by atoms with van der Waals surface area (Å²) in [5, 5.41) is 7.31. The van der Waals surface area contributed by atoms with Crippen molar-refractivity contribution < 1.29 is 9.21 Å². The second kappa shape index (κ2) is 5.99. The highest BCUT2D eigenvalue weighted by molar-refractivity contribution is 5.94. The Morgan fingerprint density at radius 2 is 2.23 bits per heavy atom. The van der Waals surface area contributed by atoms with Crippen molar-refractivity contribution in [2.75, 3.05) is 0 Å². The Labute approximate surface area is 130 Å². The Morgan fingerprint density at radius 3 is 2.91 bits per heavy atom. The predicted octanol–water partition coefficient (Wildman–Crippen LogP) is 3.18. The van der Waals surface area contributed by atoms with Crippen LogP contribution < -0.4 is 0 Å². The van der Waals surface area contributed by atoms with Crippen molar-refractivity contribution in [3.8, 4) is 0 Å². The molecule has 1 amide bonds. The summed E-state index contributed by atoms with van der Waals surface area (Å²) in [6.07, 6.45) is 4.68. The van der Waals surface area contributed by atoms with Gasteiger partial charge in [0.1, 0.15) is 5.76 Å². The summed E-state index contributed by atoms with van der Waals surface area (Å²) in [5.41, 5.74) is 2.82. The van der Waals surface area contributed by atoms with E-state index in [1.54, 1.807) is 6.26 Å². The van der Waals surface area contributed by atoms with Crippen LogP contribution in [0.3, 0.4) is 0 Å². The van der Waals surface area contributed by atoms with Crippen LogP contribution in [0.2, 0.25) is 0 Å². The molecule has 5 heteroatoms. The molecule has 0 radical (unpaired) electrons. The Hall–Kier alpha value is -2.04. The molecular formula is C17H23N3O2. The number of nitrogens with one attached hydrogen (secondary N) is 1. The first-order chi connectivity index (χ1) is 10.6. The van der Waals surface area contributed by atoms with Crippen molar-refractivity contribution in [1.82, 2.24) is 15.1 Å². The fourth-order valence-electron chi connectivity index (χ4n) is 2.96. The molecule has 0 saturated heterocycles. The third kappa shape index (κ3) is 2.67. The SMILES string of the molecule is CC(C)C(C)N(Cc1ccco1)C(=O)c1n[nH]c2c1CCC2. The van der Waals surface area contributed by atoms with E-state index in [0.717, 1.165) is 36.3 Å². The molecule has 118 valence electrons. The largest absolute Gasteiger partial charge is 0.467 e. The van der Waals surface area contributed by atoms with Crippen molar-refractivity contribution >= 4 is 5.91 Å². The lowest BCUT2D eigenvalue weighted by Crippen LogP contribution is -2.41. The van der Waals surface area contributed by atoms with Crippen LogP contribution in [0.5, 0.6) is 0 Å². The predicted molar refractivity (Wildman–Crippen MR) is 83.5 cm³/mol. The summed E-state index contributed by atoms with van der Waals surface area (Å²) in [5.74, 6) is 1.16. The third-order valence-corrected chi connectivity index (χ3v) is 4.63. The van der Waals surface area contributed by atoms with Gasteiger partial charge in [0.05, 0.1) is 12.8 Å². The molecule has 0 aliphatic heterocycles. The number of carbonyl (C=O) groups is 1. The zero-order valence-electron chi connectivity index (χ0n) is 13.4. The molecule has 1 aliphatic carbocycles. The second-order valence-corrected chi connectivity index (χ2v) is 6.38. The number of rotatable bonds is 5. The van der Waals surface area contributed by atoms with Gasteiger partial charge in [-0.15, -0.1) is 0 Å². The van der Waals surface area contributed by atoms with Crippen LogP contribution in [0.25, 0.3) is 0 Å². The normalized spacial score (nSPS) is 15.1. The molecule has 2 aromatic heterocycles. The van der Waals surface area contributed by atoms with E-state index in [1.165, 1.54) is 0 Å². The van der Waals surface area contributed by atoms with Gasteiger partial charge in [0.25, 0.3) is 5.91 Å². The highest BCUT2D eigenvalue weighted by Gasteiger charge is 2.30. The van der Waals surface area contributed by atoms with Gasteiger partial charge in [-0.1, -0.05) is 13.8 Å². The number of hydrogen-bond acceptors (Lipinski definition) is 3. The first kappa shape index (κ1) is 14.9. The number of aryl methyl sites for hydroxylation is 1. The Bertz CT molecular complexity index is 643. The summed E-state index contributed by atoms with van der Waals surface area (Å²) >= 11 is 0. The molecule has 2 heterocycles. The molecule has 0 fully saturated rings. The van der Waals surface area contributed by atoms with E-state index in [0.29, 0.717) is 18.2 Å². The van der Waals surface area contributed by atoms with Crippen LogP contribution in [-0.4, -0.2) is 27.0 Å². The summed E-state index contributed by atoms with van der Waals surface area (Å²) in [6.45, 7) is 6.81. The molecule has 1 aliphatic rings. The molecule has 0 aromatic carbocycles. The van der Waals surface area contributed by atoms with Gasteiger partial charge >= 0.3 is 0 Å². The summed E-state index contributed by atoms with van der Waals surface area (Å²) in [7, 11) is 0. The number of furan rings is 1. The lowest BCUT2D eigenvalue weighted by molar-refractivity contribution is 0.0603. The fraction of sp³-hybridized carbons (Fsp3) is 0.529. The van der Waals surface area contributed by atoms with Crippen molar-refractivity contribution in [1.29, 1.82) is 0 Å². The average molecular weight is 301 g/mol. The molecule has 0 saturated carbocycles. The number of aromatic amines is 1. The summed E-state index contributed by atoms with van der Waals surface area (Å²) < 4.78 is 5.43. The lowest BCUT2D eigenvalue weighted by atomic mass is 10.0. The summed E-state index contributed by atoms with van der Waals surface area (Å²) in [4.78, 5) is 14.9. The number of hydrogen-bond donors (Lipinski definition) is 1. The van der Waals surface area contributed by atoms with Crippen molar-refractivity contribution in [3.05, 3.63) is 41.1 Å². The monoisotopic (exact) mass is 301 g/mol. The molecule has 5 nitrogen and oxygen atoms in total. The molecule has 0 spiro atoms. The van der Waals surface area contributed by atoms with Gasteiger partial charge in [0.15, 0.2) is 5.69 Å². The Kier molecular flexibility index (Phi) is 4.05. The molecule has 2 aromatic rings. The third-order valence-electron chi connectivity index (χ3n) is 4.63. The number of nitrogens with zero attached hydrogens (tertiary/aromatic N) is 2. The first-order valence-corrected chi connectivity index (χ1v) is 7.97. The fourth-order valence-corrected chi connectivity index (χ4v) is 2.96. The topological polar surface area (TPSA) is 62.1 Å². The van der Waals surface area contributed by atoms with Crippen molar-refractivity contribution in [2.24, 2.45) is 5.92 Å². The van der Waals surface area contributed by atoms with Gasteiger partial charge in [-0.3, -0.25) is 9.89 Å². The minimum absolute atomic E-state index is 0.00278. The molecule has 0 bridgehead atoms. The number of H-pyrrole nitrogens is 1. The van der Waals surface area contributed by atoms with E-state index < -0.39 is 0 Å². The maximum atomic E-state index is 13.0. The molecule has 1 N–H and O–H groups in total. The smallest absolute Gasteiger partial charge is 0.275 e. The van der Waals surface area contributed by atoms with E-state index in [2.05, 4.69) is 31.0 Å². The number of carbonyl (C=O) groups excluding carboxylic acids is 1. The van der Waals surface area contributed by atoms with E-state index in [-0.39, 0.29) is 11.9 Å². The van der Waals surface area contributed by atoms with E-state index in [4.69, 9.17) is 4.42 Å². The zero-order chi connectivity index (χ0) is 15.7. The van der Waals surface area contributed by atoms with Gasteiger partial charge in [-0.05, 0) is 44.2 Å². The molecule has 22 heavy (non-hydrogen) atoms. The van der Waals surface area contributed by atoms with E-state index >= 15 is 0 Å². The van der Waals surface area contributed by atoms with Gasteiger partial charge in [0.2, 0.25) is 0 Å². The number of amides is 1. The molecule has 3 rings (SSSR count). The van der Waals surface area contributed by atoms with Gasteiger partial charge in [-0.25, -0.2) is 0 Å². The number of aromatic nitrogens is 2. The van der Waals surface area contributed by atoms with Gasteiger partial charge in [-0.2, -0.15) is 5.10 Å². The van der Waals surface area contributed by atoms with Crippen molar-refractivity contribution in [2.45, 2.75) is 52.6 Å². The van der Waals surface area contributed by atoms with Crippen LogP contribution in [0.15, 0.2) is 22.8 Å². The lowest BCUT2D eigenvalue weighted by Gasteiger charge is -2.31. The highest BCUT2D eigenvalue weighted by atomic mass is 16.3. The number of fused-ring (bicyclic) bond motifs is 1. The van der Waals surface area contributed by atoms with Crippen LogP contribution in [0, 0.1) is 5.92 Å². The minimum Gasteiger partial charge on any atom is -0.467 e. The Morgan fingerprint density at radius 1 is 1.41 bits per heavy atom. The molecular weight excluding hydrogens is 278 g/mol. The van der Waals surface area contributed by atoms with Gasteiger partial charge < -0.3 is 9.32 Å². The van der Waals surface area contributed by atoms with Gasteiger partial charge in [0, 0.05) is 17.3 Å². The summed E-state index contributed by atoms with van der Waals surface area (Å²) in [6, 6.07) is 3.87. The first-order valence-electron chi connectivity index (χ1n) is 7.97. The van der Waals surface area contributed by atoms with Crippen molar-refractivity contribution in [3.63, 3.8) is 0 Å². The second-order valence-electron chi connectivity index (χ2n) is 6.38. The maximum Gasteiger partial charge on any atom is 0.275 e. The van der Waals surface area contributed by atoms with E-state index in [9.17, 15) is 4.79 Å². The van der Waals surface area contributed by atoms with Crippen LogP contribution in [-0.2, 0) is 19.4 Å². The average Bonchev–Trinajstić information content (AvgIpc) is 3.20. The molecule has 1 unspecified atom stereocenters. The van der Waals surface area contributed by atoms with Crippen LogP contribution >= 0.6 is 0 Å².